The predicted molar refractivity (Wildman–Crippen MR) is 40.4 cm³/mol. The van der Waals surface area contributed by atoms with Gasteiger partial charge in [-0.2, -0.15) is 5.10 Å². The Balaban J connectivity index is 4.13. The first kappa shape index (κ1) is 9.41. The second-order valence-corrected chi connectivity index (χ2v) is 1.74. The summed E-state index contributed by atoms with van der Waals surface area (Å²) in [6, 6.07) is 0. The van der Waals surface area contributed by atoms with Crippen molar-refractivity contribution in [3.05, 3.63) is 0 Å². The molecule has 0 atom stereocenters. The number of nitrogens with one attached hydrogen (secondary N) is 2. The second kappa shape index (κ2) is 4.26. The average Bonchev–Trinajstić information content (AvgIpc) is 1.87. The van der Waals surface area contributed by atoms with Crippen molar-refractivity contribution in [2.75, 3.05) is 0 Å². The van der Waals surface area contributed by atoms with Gasteiger partial charge in [-0.1, -0.05) is 6.92 Å². The molecule has 0 saturated heterocycles. The van der Waals surface area contributed by atoms with E-state index in [1.54, 1.807) is 6.92 Å². The molecular formula is C5H10N4O2. The highest BCUT2D eigenvalue weighted by Gasteiger charge is 2.05. The highest BCUT2D eigenvalue weighted by Crippen LogP contribution is 1.83. The van der Waals surface area contributed by atoms with Crippen molar-refractivity contribution >= 4 is 17.6 Å². The number of carboxylic acids is 1. The second-order valence-electron chi connectivity index (χ2n) is 1.74. The minimum Gasteiger partial charge on any atom is -0.477 e. The number of carboxylic acid groups (broad SMARTS) is 1. The van der Waals surface area contributed by atoms with Gasteiger partial charge in [0.2, 0.25) is 5.96 Å². The summed E-state index contributed by atoms with van der Waals surface area (Å²) in [4.78, 5) is 10.3. The maximum absolute atomic E-state index is 10.3. The van der Waals surface area contributed by atoms with Crippen LogP contribution in [0.3, 0.4) is 0 Å². The third-order valence-electron chi connectivity index (χ3n) is 0.893. The molecule has 0 bridgehead atoms. The molecule has 0 rings (SSSR count). The van der Waals surface area contributed by atoms with E-state index in [2.05, 4.69) is 5.10 Å². The summed E-state index contributed by atoms with van der Waals surface area (Å²) >= 11 is 0. The van der Waals surface area contributed by atoms with E-state index in [1.165, 1.54) is 0 Å². The average molecular weight is 158 g/mol. The van der Waals surface area contributed by atoms with E-state index in [4.69, 9.17) is 16.2 Å². The lowest BCUT2D eigenvalue weighted by Crippen LogP contribution is -2.28. The fraction of sp³-hybridized carbons (Fsp3) is 0.400. The van der Waals surface area contributed by atoms with Gasteiger partial charge in [-0.3, -0.25) is 5.41 Å². The summed E-state index contributed by atoms with van der Waals surface area (Å²) in [5.74, 6) is -1.49. The lowest BCUT2D eigenvalue weighted by molar-refractivity contribution is -0.129. The molecule has 0 heterocycles. The summed E-state index contributed by atoms with van der Waals surface area (Å²) in [6.07, 6.45) is 0.287. The molecular weight excluding hydrogens is 148 g/mol. The Morgan fingerprint density at radius 1 is 1.82 bits per heavy atom. The molecule has 11 heavy (non-hydrogen) atoms. The molecule has 0 aliphatic rings. The smallest absolute Gasteiger partial charge is 0.352 e. The molecule has 0 unspecified atom stereocenters. The normalized spacial score (nSPS) is 10.8. The van der Waals surface area contributed by atoms with Crippen molar-refractivity contribution in [3.8, 4) is 0 Å². The van der Waals surface area contributed by atoms with Gasteiger partial charge in [-0.15, -0.1) is 0 Å². The van der Waals surface area contributed by atoms with Crippen molar-refractivity contribution in [1.29, 1.82) is 5.41 Å². The number of nitrogens with two attached hydrogens (primary N) is 1. The molecule has 0 aliphatic carbocycles. The number of nitrogens with zero attached hydrogens (tertiary/aromatic N) is 1. The molecule has 0 saturated carbocycles. The lowest BCUT2D eigenvalue weighted by Gasteiger charge is -1.97. The number of carbonyl (C=O) groups is 1. The number of hydrazone groups is 1. The van der Waals surface area contributed by atoms with E-state index in [9.17, 15) is 4.79 Å². The SMILES string of the molecule is CC/C(=N/NC(=N)N)C(=O)O. The Kier molecular flexibility index (Phi) is 3.65. The summed E-state index contributed by atoms with van der Waals surface area (Å²) in [7, 11) is 0. The van der Waals surface area contributed by atoms with Gasteiger partial charge in [0.1, 0.15) is 5.71 Å². The van der Waals surface area contributed by atoms with E-state index < -0.39 is 5.97 Å². The van der Waals surface area contributed by atoms with Gasteiger partial charge < -0.3 is 10.8 Å². The van der Waals surface area contributed by atoms with Gasteiger partial charge in [0.15, 0.2) is 0 Å². The monoisotopic (exact) mass is 158 g/mol. The van der Waals surface area contributed by atoms with Gasteiger partial charge in [-0.25, -0.2) is 10.2 Å². The van der Waals surface area contributed by atoms with E-state index in [0.717, 1.165) is 0 Å². The molecule has 0 spiro atoms. The Morgan fingerprint density at radius 2 is 2.36 bits per heavy atom. The van der Waals surface area contributed by atoms with Gasteiger partial charge in [0, 0.05) is 0 Å². The highest BCUT2D eigenvalue weighted by molar-refractivity contribution is 6.35. The number of guanidine groups is 1. The number of hydrogen-bond donors (Lipinski definition) is 4. The number of hydrogen-bond acceptors (Lipinski definition) is 3. The fourth-order valence-electron chi connectivity index (χ4n) is 0.406. The Labute approximate surface area is 63.6 Å². The van der Waals surface area contributed by atoms with E-state index in [1.807, 2.05) is 5.43 Å². The highest BCUT2D eigenvalue weighted by atomic mass is 16.4. The first-order valence-corrected chi connectivity index (χ1v) is 2.97. The molecule has 0 fully saturated rings. The predicted octanol–water partition coefficient (Wildman–Crippen LogP) is -0.680. The zero-order chi connectivity index (χ0) is 8.85. The summed E-state index contributed by atoms with van der Waals surface area (Å²) in [5.41, 5.74) is 6.86. The van der Waals surface area contributed by atoms with Crippen molar-refractivity contribution in [1.82, 2.24) is 5.43 Å². The van der Waals surface area contributed by atoms with E-state index in [0.29, 0.717) is 0 Å². The molecule has 0 aliphatic heterocycles. The molecule has 5 N–H and O–H groups in total. The first-order chi connectivity index (χ1) is 5.07. The van der Waals surface area contributed by atoms with E-state index in [-0.39, 0.29) is 18.1 Å². The molecule has 6 heteroatoms. The van der Waals surface area contributed by atoms with Crippen LogP contribution in [0.5, 0.6) is 0 Å². The van der Waals surface area contributed by atoms with Crippen molar-refractivity contribution < 1.29 is 9.90 Å². The Morgan fingerprint density at radius 3 is 2.64 bits per heavy atom. The Hall–Kier alpha value is -1.59. The fourth-order valence-corrected chi connectivity index (χ4v) is 0.406. The molecule has 62 valence electrons. The Bertz CT molecular complexity index is 199. The zero-order valence-electron chi connectivity index (χ0n) is 6.09. The van der Waals surface area contributed by atoms with Gasteiger partial charge in [-0.05, 0) is 6.42 Å². The van der Waals surface area contributed by atoms with Crippen LogP contribution in [0.15, 0.2) is 5.10 Å². The third kappa shape index (κ3) is 3.90. The van der Waals surface area contributed by atoms with Crippen LogP contribution >= 0.6 is 0 Å². The van der Waals surface area contributed by atoms with Crippen molar-refractivity contribution in [2.45, 2.75) is 13.3 Å². The van der Waals surface area contributed by atoms with Crippen LogP contribution in [0.4, 0.5) is 0 Å². The largest absolute Gasteiger partial charge is 0.477 e. The minimum absolute atomic E-state index is 0.0554. The summed E-state index contributed by atoms with van der Waals surface area (Å²) < 4.78 is 0. The quantitative estimate of drug-likeness (QED) is 0.247. The number of aliphatic carboxylic acids is 1. The molecule has 6 nitrogen and oxygen atoms in total. The van der Waals surface area contributed by atoms with Crippen LogP contribution in [0.25, 0.3) is 0 Å². The molecule has 0 aromatic heterocycles. The lowest BCUT2D eigenvalue weighted by atomic mass is 10.3. The molecule has 0 aromatic carbocycles. The standard InChI is InChI=1S/C5H10N4O2/c1-2-3(4(10)11)8-9-5(6)7/h2H2,1H3,(H,10,11)(H4,6,7,9)/b8-3-. The summed E-state index contributed by atoms with van der Waals surface area (Å²) in [6.45, 7) is 1.65. The van der Waals surface area contributed by atoms with Crippen LogP contribution in [-0.4, -0.2) is 22.7 Å². The van der Waals surface area contributed by atoms with Crippen LogP contribution < -0.4 is 11.2 Å². The first-order valence-electron chi connectivity index (χ1n) is 2.97. The molecule has 0 radical (unpaired) electrons. The maximum atomic E-state index is 10.3. The maximum Gasteiger partial charge on any atom is 0.352 e. The summed E-state index contributed by atoms with van der Waals surface area (Å²) in [5, 5.41) is 18.4. The number of rotatable bonds is 3. The van der Waals surface area contributed by atoms with Gasteiger partial charge in [0.05, 0.1) is 0 Å². The molecule has 0 amide bonds. The van der Waals surface area contributed by atoms with Crippen LogP contribution in [0.2, 0.25) is 0 Å². The van der Waals surface area contributed by atoms with Crippen molar-refractivity contribution in [2.24, 2.45) is 10.8 Å². The zero-order valence-corrected chi connectivity index (χ0v) is 6.09. The third-order valence-corrected chi connectivity index (χ3v) is 0.893. The minimum atomic E-state index is -1.11. The molecule has 0 aromatic rings. The van der Waals surface area contributed by atoms with Crippen LogP contribution in [-0.2, 0) is 4.79 Å². The van der Waals surface area contributed by atoms with Crippen molar-refractivity contribution in [3.63, 3.8) is 0 Å². The topological polar surface area (TPSA) is 112 Å². The van der Waals surface area contributed by atoms with Crippen LogP contribution in [0.1, 0.15) is 13.3 Å². The van der Waals surface area contributed by atoms with Gasteiger partial charge in [0.25, 0.3) is 0 Å². The van der Waals surface area contributed by atoms with E-state index >= 15 is 0 Å². The van der Waals surface area contributed by atoms with Gasteiger partial charge >= 0.3 is 5.97 Å². The van der Waals surface area contributed by atoms with Crippen LogP contribution in [0, 0.1) is 5.41 Å².